The molecule has 4 nitrogen and oxygen atoms in total. The van der Waals surface area contributed by atoms with Gasteiger partial charge in [-0.3, -0.25) is 0 Å². The summed E-state index contributed by atoms with van der Waals surface area (Å²) in [6.07, 6.45) is 1.85. The van der Waals surface area contributed by atoms with Crippen LogP contribution < -0.4 is 0 Å². The Balaban J connectivity index is 2.04. The van der Waals surface area contributed by atoms with Gasteiger partial charge in [0.2, 0.25) is 0 Å². The van der Waals surface area contributed by atoms with Crippen molar-refractivity contribution in [3.05, 3.63) is 51.1 Å². The van der Waals surface area contributed by atoms with Crippen LogP contribution in [-0.2, 0) is 6.42 Å². The van der Waals surface area contributed by atoms with Gasteiger partial charge in [-0.15, -0.1) is 0 Å². The number of halogens is 3. The van der Waals surface area contributed by atoms with Gasteiger partial charge in [0.05, 0.1) is 0 Å². The molecule has 3 rings (SSSR count). The summed E-state index contributed by atoms with van der Waals surface area (Å²) in [6.45, 7) is 0. The van der Waals surface area contributed by atoms with Crippen LogP contribution in [0.3, 0.4) is 0 Å². The molecule has 0 aliphatic rings. The largest absolute Gasteiger partial charge is 0.338 e. The molecule has 0 amide bonds. The van der Waals surface area contributed by atoms with E-state index in [1.54, 1.807) is 18.2 Å². The summed E-state index contributed by atoms with van der Waals surface area (Å²) >= 11 is 18.2. The number of benzene rings is 1. The van der Waals surface area contributed by atoms with Crippen molar-refractivity contribution in [2.24, 2.45) is 0 Å². The van der Waals surface area contributed by atoms with Gasteiger partial charge in [0.15, 0.2) is 10.8 Å². The molecule has 2 heterocycles. The predicted molar refractivity (Wildman–Crippen MR) is 76.0 cm³/mol. The van der Waals surface area contributed by atoms with Crippen LogP contribution in [-0.4, -0.2) is 19.9 Å². The Bertz CT molecular complexity index is 734. The van der Waals surface area contributed by atoms with Gasteiger partial charge in [-0.05, 0) is 17.7 Å². The van der Waals surface area contributed by atoms with Crippen LogP contribution >= 0.6 is 34.8 Å². The predicted octanol–water partition coefficient (Wildman–Crippen LogP) is 3.90. The SMILES string of the molecule is Clc1cccc(Cl)c1Cc1nc2ncnc(Cl)c2[nH]1. The zero-order valence-corrected chi connectivity index (χ0v) is 11.8. The Kier molecular flexibility index (Phi) is 3.31. The van der Waals surface area contributed by atoms with E-state index < -0.39 is 0 Å². The lowest BCUT2D eigenvalue weighted by atomic mass is 10.1. The van der Waals surface area contributed by atoms with E-state index in [1.807, 2.05) is 0 Å². The number of nitrogens with zero attached hydrogens (tertiary/aromatic N) is 3. The lowest BCUT2D eigenvalue weighted by Gasteiger charge is -2.04. The van der Waals surface area contributed by atoms with E-state index in [-0.39, 0.29) is 0 Å². The first-order chi connectivity index (χ1) is 9.15. The number of fused-ring (bicyclic) bond motifs is 1. The maximum absolute atomic E-state index is 6.13. The standard InChI is InChI=1S/C12H7Cl3N4/c13-7-2-1-3-8(14)6(7)4-9-18-10-11(15)16-5-17-12(10)19-9/h1-3,5H,4H2,(H,16,17,18,19). The normalized spacial score (nSPS) is 11.1. The molecular weight excluding hydrogens is 307 g/mol. The van der Waals surface area contributed by atoms with E-state index in [0.717, 1.165) is 5.56 Å². The summed E-state index contributed by atoms with van der Waals surface area (Å²) in [6, 6.07) is 5.38. The molecule has 0 bridgehead atoms. The summed E-state index contributed by atoms with van der Waals surface area (Å²) in [7, 11) is 0. The summed E-state index contributed by atoms with van der Waals surface area (Å²) < 4.78 is 0. The second-order valence-electron chi connectivity index (χ2n) is 3.92. The van der Waals surface area contributed by atoms with E-state index >= 15 is 0 Å². The molecule has 0 aliphatic heterocycles. The molecule has 1 aromatic carbocycles. The summed E-state index contributed by atoms with van der Waals surface area (Å²) in [4.78, 5) is 15.4. The quantitative estimate of drug-likeness (QED) is 0.730. The van der Waals surface area contributed by atoms with Gasteiger partial charge in [-0.2, -0.15) is 0 Å². The first kappa shape index (κ1) is 12.7. The topological polar surface area (TPSA) is 54.5 Å². The van der Waals surface area contributed by atoms with Crippen molar-refractivity contribution in [3.63, 3.8) is 0 Å². The van der Waals surface area contributed by atoms with Gasteiger partial charge in [0, 0.05) is 16.5 Å². The van der Waals surface area contributed by atoms with Crippen molar-refractivity contribution in [1.29, 1.82) is 0 Å². The molecular formula is C12H7Cl3N4. The smallest absolute Gasteiger partial charge is 0.182 e. The van der Waals surface area contributed by atoms with Crippen molar-refractivity contribution in [3.8, 4) is 0 Å². The minimum absolute atomic E-state index is 0.342. The monoisotopic (exact) mass is 312 g/mol. The number of aromatic amines is 1. The second-order valence-corrected chi connectivity index (χ2v) is 5.10. The maximum atomic E-state index is 6.13. The molecule has 1 N–H and O–H groups in total. The van der Waals surface area contributed by atoms with Crippen molar-refractivity contribution in [2.45, 2.75) is 6.42 Å². The highest BCUT2D eigenvalue weighted by Gasteiger charge is 2.12. The minimum atomic E-state index is 0.342. The third-order valence-corrected chi connectivity index (χ3v) is 3.69. The Morgan fingerprint density at radius 1 is 1.05 bits per heavy atom. The van der Waals surface area contributed by atoms with E-state index in [2.05, 4.69) is 19.9 Å². The molecule has 0 unspecified atom stereocenters. The molecule has 0 spiro atoms. The highest BCUT2D eigenvalue weighted by Crippen LogP contribution is 2.27. The number of H-pyrrole nitrogens is 1. The summed E-state index contributed by atoms with van der Waals surface area (Å²) in [5.41, 5.74) is 1.95. The third-order valence-electron chi connectivity index (χ3n) is 2.70. The van der Waals surface area contributed by atoms with Crippen LogP contribution in [0.2, 0.25) is 15.2 Å². The van der Waals surface area contributed by atoms with Crippen LogP contribution in [0, 0.1) is 0 Å². The highest BCUT2D eigenvalue weighted by atomic mass is 35.5. The Morgan fingerprint density at radius 3 is 2.47 bits per heavy atom. The third kappa shape index (κ3) is 2.39. The van der Waals surface area contributed by atoms with Gasteiger partial charge < -0.3 is 4.98 Å². The van der Waals surface area contributed by atoms with Crippen LogP contribution in [0.4, 0.5) is 0 Å². The van der Waals surface area contributed by atoms with Crippen molar-refractivity contribution < 1.29 is 0 Å². The molecule has 0 aliphatic carbocycles. The van der Waals surface area contributed by atoms with Crippen LogP contribution in [0.25, 0.3) is 11.2 Å². The lowest BCUT2D eigenvalue weighted by Crippen LogP contribution is -1.93. The Hall–Kier alpha value is -1.36. The number of nitrogens with one attached hydrogen (secondary N) is 1. The molecule has 7 heteroatoms. The van der Waals surface area contributed by atoms with Gasteiger partial charge in [0.25, 0.3) is 0 Å². The summed E-state index contributed by atoms with van der Waals surface area (Å²) in [5.74, 6) is 0.687. The number of rotatable bonds is 2. The van der Waals surface area contributed by atoms with Gasteiger partial charge in [-0.1, -0.05) is 40.9 Å². The highest BCUT2D eigenvalue weighted by molar-refractivity contribution is 6.36. The van der Waals surface area contributed by atoms with E-state index in [9.17, 15) is 0 Å². The lowest BCUT2D eigenvalue weighted by molar-refractivity contribution is 1.03. The first-order valence-electron chi connectivity index (χ1n) is 5.43. The Morgan fingerprint density at radius 2 is 1.79 bits per heavy atom. The molecule has 3 aromatic rings. The van der Waals surface area contributed by atoms with Crippen molar-refractivity contribution in [2.75, 3.05) is 0 Å². The first-order valence-corrected chi connectivity index (χ1v) is 6.56. The minimum Gasteiger partial charge on any atom is -0.338 e. The average molecular weight is 314 g/mol. The maximum Gasteiger partial charge on any atom is 0.182 e. The fourth-order valence-corrected chi connectivity index (χ4v) is 2.51. The number of hydrogen-bond donors (Lipinski definition) is 1. The second kappa shape index (κ2) is 4.96. The zero-order valence-electron chi connectivity index (χ0n) is 9.49. The van der Waals surface area contributed by atoms with Crippen LogP contribution in [0.5, 0.6) is 0 Å². The molecule has 0 saturated carbocycles. The molecule has 0 saturated heterocycles. The zero-order chi connectivity index (χ0) is 13.4. The Labute approximate surface area is 123 Å². The van der Waals surface area contributed by atoms with Crippen LogP contribution in [0.1, 0.15) is 11.4 Å². The van der Waals surface area contributed by atoms with Gasteiger partial charge in [-0.25, -0.2) is 15.0 Å². The number of hydrogen-bond acceptors (Lipinski definition) is 3. The fourth-order valence-electron chi connectivity index (χ4n) is 1.80. The summed E-state index contributed by atoms with van der Waals surface area (Å²) in [5, 5.41) is 1.55. The number of imidazole rings is 1. The molecule has 2 aromatic heterocycles. The van der Waals surface area contributed by atoms with E-state index in [0.29, 0.717) is 38.6 Å². The fraction of sp³-hybridized carbons (Fsp3) is 0.0833. The van der Waals surface area contributed by atoms with Crippen molar-refractivity contribution >= 4 is 46.0 Å². The molecule has 0 radical (unpaired) electrons. The van der Waals surface area contributed by atoms with Crippen molar-refractivity contribution in [1.82, 2.24) is 19.9 Å². The molecule has 19 heavy (non-hydrogen) atoms. The van der Waals surface area contributed by atoms with E-state index in [4.69, 9.17) is 34.8 Å². The van der Waals surface area contributed by atoms with Gasteiger partial charge in [0.1, 0.15) is 17.7 Å². The molecule has 0 atom stereocenters. The molecule has 96 valence electrons. The van der Waals surface area contributed by atoms with Gasteiger partial charge >= 0.3 is 0 Å². The van der Waals surface area contributed by atoms with E-state index in [1.165, 1.54) is 6.33 Å². The van der Waals surface area contributed by atoms with Crippen LogP contribution in [0.15, 0.2) is 24.5 Å². The number of aromatic nitrogens is 4. The average Bonchev–Trinajstić information content (AvgIpc) is 2.78. The molecule has 0 fully saturated rings.